The number of hydrogen-bond acceptors (Lipinski definition) is 5. The highest BCUT2D eigenvalue weighted by Gasteiger charge is 2.38. The van der Waals surface area contributed by atoms with Crippen molar-refractivity contribution in [3.63, 3.8) is 0 Å². The quantitative estimate of drug-likeness (QED) is 0.172. The van der Waals surface area contributed by atoms with E-state index in [2.05, 4.69) is 10.6 Å². The second-order valence-electron chi connectivity index (χ2n) is 10.1. The minimum absolute atomic E-state index is 0.0758. The van der Waals surface area contributed by atoms with Crippen LogP contribution in [-0.4, -0.2) is 31.7 Å². The lowest BCUT2D eigenvalue weighted by Crippen LogP contribution is -2.58. The smallest absolute Gasteiger partial charge is 0.434 e. The van der Waals surface area contributed by atoms with Crippen LogP contribution in [0.25, 0.3) is 21.9 Å². The molecule has 2 atom stereocenters. The number of benzene rings is 3. The first-order valence-corrected chi connectivity index (χ1v) is 14.5. The average Bonchev–Trinajstić information content (AvgIpc) is 3.54. The Morgan fingerprint density at radius 3 is 2.44 bits per heavy atom. The van der Waals surface area contributed by atoms with E-state index in [1.165, 1.54) is 6.20 Å². The SMILES string of the molecule is C[C@@H](NC(=O)[C@@](C)(Cc1cn(P(=O)(O)O)c2ccccc12)NC(=O)OCc1cc2ccccc2o1)c1ccccc1. The number of amides is 2. The molecule has 0 saturated heterocycles. The van der Waals surface area contributed by atoms with Crippen LogP contribution in [0.15, 0.2) is 95.5 Å². The summed E-state index contributed by atoms with van der Waals surface area (Å²) in [6, 6.07) is 24.8. The maximum Gasteiger partial charge on any atom is 0.434 e. The molecule has 2 aromatic heterocycles. The van der Waals surface area contributed by atoms with Crippen molar-refractivity contribution in [3.05, 3.63) is 108 Å². The highest BCUT2D eigenvalue weighted by atomic mass is 31.2. The Morgan fingerprint density at radius 1 is 1.02 bits per heavy atom. The number of alkyl carbamates (subject to hydrolysis) is 1. The van der Waals surface area contributed by atoms with Crippen LogP contribution in [0.5, 0.6) is 0 Å². The lowest BCUT2D eigenvalue weighted by molar-refractivity contribution is -0.127. The second-order valence-corrected chi connectivity index (χ2v) is 11.6. The van der Waals surface area contributed by atoms with E-state index in [1.807, 2.05) is 61.5 Å². The molecule has 41 heavy (non-hydrogen) atoms. The van der Waals surface area contributed by atoms with Crippen molar-refractivity contribution >= 4 is 41.6 Å². The minimum atomic E-state index is -4.69. The molecule has 0 aliphatic rings. The molecule has 10 nitrogen and oxygen atoms in total. The van der Waals surface area contributed by atoms with E-state index < -0.39 is 25.3 Å². The fourth-order valence-electron chi connectivity index (χ4n) is 4.84. The standard InChI is InChI=1S/C30H30N3O7P/c1-20(21-10-4-3-5-11-21)31-28(34)30(2,17-23-18-33(41(36,37)38)26-14-8-7-13-25(23)26)32-29(35)39-19-24-16-22-12-6-9-15-27(22)40-24/h3-16,18,20H,17,19H2,1-2H3,(H,31,34)(H,32,35)(H2,36,37,38)/t20-,30-/m1/s1. The Bertz CT molecular complexity index is 1720. The summed E-state index contributed by atoms with van der Waals surface area (Å²) in [5.41, 5.74) is 0.744. The summed E-state index contributed by atoms with van der Waals surface area (Å²) >= 11 is 0. The predicted octanol–water partition coefficient (Wildman–Crippen LogP) is 5.43. The van der Waals surface area contributed by atoms with Gasteiger partial charge in [0.25, 0.3) is 0 Å². The van der Waals surface area contributed by atoms with Crippen molar-refractivity contribution in [2.45, 2.75) is 38.5 Å². The van der Waals surface area contributed by atoms with Crippen LogP contribution in [0.3, 0.4) is 0 Å². The molecule has 0 radical (unpaired) electrons. The van der Waals surface area contributed by atoms with Crippen molar-refractivity contribution in [2.75, 3.05) is 0 Å². The zero-order valence-corrected chi connectivity index (χ0v) is 23.4. The monoisotopic (exact) mass is 575 g/mol. The van der Waals surface area contributed by atoms with Crippen molar-refractivity contribution < 1.29 is 33.1 Å². The maximum atomic E-state index is 13.8. The van der Waals surface area contributed by atoms with Gasteiger partial charge in [-0.05, 0) is 43.2 Å². The normalized spacial score (nSPS) is 14.0. The summed E-state index contributed by atoms with van der Waals surface area (Å²) in [5.74, 6) is -0.0579. The number of nitrogens with zero attached hydrogens (tertiary/aromatic N) is 1. The lowest BCUT2D eigenvalue weighted by atomic mass is 9.91. The van der Waals surface area contributed by atoms with Gasteiger partial charge in [0.1, 0.15) is 16.9 Å². The van der Waals surface area contributed by atoms with Crippen LogP contribution in [0.4, 0.5) is 4.79 Å². The van der Waals surface area contributed by atoms with E-state index in [1.54, 1.807) is 37.3 Å². The van der Waals surface area contributed by atoms with Gasteiger partial charge in [-0.3, -0.25) is 9.13 Å². The van der Waals surface area contributed by atoms with Crippen molar-refractivity contribution in [1.82, 2.24) is 15.0 Å². The molecule has 5 rings (SSSR count). The van der Waals surface area contributed by atoms with Gasteiger partial charge >= 0.3 is 13.8 Å². The Hall–Kier alpha value is -4.37. The third-order valence-electron chi connectivity index (χ3n) is 6.95. The van der Waals surface area contributed by atoms with Crippen LogP contribution in [0, 0.1) is 0 Å². The number of para-hydroxylation sites is 2. The van der Waals surface area contributed by atoms with Gasteiger partial charge in [-0.2, -0.15) is 0 Å². The van der Waals surface area contributed by atoms with Gasteiger partial charge in [-0.1, -0.05) is 66.7 Å². The van der Waals surface area contributed by atoms with Gasteiger partial charge in [0, 0.05) is 23.4 Å². The van der Waals surface area contributed by atoms with E-state index in [4.69, 9.17) is 9.15 Å². The number of furan rings is 1. The molecule has 5 aromatic rings. The zero-order chi connectivity index (χ0) is 29.2. The van der Waals surface area contributed by atoms with Gasteiger partial charge in [0.05, 0.1) is 11.6 Å². The minimum Gasteiger partial charge on any atom is -0.457 e. The van der Waals surface area contributed by atoms with Crippen LogP contribution in [-0.2, 0) is 27.1 Å². The number of hydrogen-bond donors (Lipinski definition) is 4. The summed E-state index contributed by atoms with van der Waals surface area (Å²) in [7, 11) is -4.69. The molecule has 0 fully saturated rings. The van der Waals surface area contributed by atoms with E-state index in [-0.39, 0.29) is 19.1 Å². The van der Waals surface area contributed by atoms with Gasteiger partial charge < -0.3 is 29.6 Å². The summed E-state index contributed by atoms with van der Waals surface area (Å²) in [5, 5.41) is 7.06. The van der Waals surface area contributed by atoms with Crippen LogP contribution < -0.4 is 10.6 Å². The number of rotatable bonds is 9. The molecule has 0 bridgehead atoms. The molecular weight excluding hydrogens is 545 g/mol. The maximum absolute atomic E-state index is 13.8. The fraction of sp³-hybridized carbons (Fsp3) is 0.200. The third kappa shape index (κ3) is 6.20. The molecule has 0 spiro atoms. The Balaban J connectivity index is 1.42. The first-order valence-electron chi connectivity index (χ1n) is 13.0. The summed E-state index contributed by atoms with van der Waals surface area (Å²) < 4.78 is 24.2. The molecule has 2 heterocycles. The van der Waals surface area contributed by atoms with E-state index in [9.17, 15) is 23.9 Å². The molecule has 11 heteroatoms. The topological polar surface area (TPSA) is 143 Å². The zero-order valence-electron chi connectivity index (χ0n) is 22.5. The highest BCUT2D eigenvalue weighted by Crippen LogP contribution is 2.42. The molecule has 0 unspecified atom stereocenters. The number of carbonyl (C=O) groups is 2. The molecule has 212 valence electrons. The summed E-state index contributed by atoms with van der Waals surface area (Å²) in [6.07, 6.45) is 0.390. The Morgan fingerprint density at radius 2 is 1.71 bits per heavy atom. The van der Waals surface area contributed by atoms with E-state index in [0.29, 0.717) is 27.8 Å². The first-order chi connectivity index (χ1) is 19.5. The Labute approximate surface area is 236 Å². The number of fused-ring (bicyclic) bond motifs is 2. The van der Waals surface area contributed by atoms with Gasteiger partial charge in [0.2, 0.25) is 5.91 Å². The highest BCUT2D eigenvalue weighted by molar-refractivity contribution is 7.50. The molecule has 0 aliphatic carbocycles. The lowest BCUT2D eigenvalue weighted by Gasteiger charge is -2.30. The van der Waals surface area contributed by atoms with Gasteiger partial charge in [-0.15, -0.1) is 0 Å². The third-order valence-corrected chi connectivity index (χ3v) is 7.84. The molecular formula is C30H30N3O7P. The van der Waals surface area contributed by atoms with Crippen molar-refractivity contribution in [1.29, 1.82) is 0 Å². The molecule has 3 aromatic carbocycles. The molecule has 0 aliphatic heterocycles. The van der Waals surface area contributed by atoms with E-state index in [0.717, 1.165) is 15.3 Å². The first kappa shape index (κ1) is 28.2. The number of carbonyl (C=O) groups excluding carboxylic acids is 2. The fourth-order valence-corrected chi connectivity index (χ4v) is 5.58. The number of ether oxygens (including phenoxy) is 1. The average molecular weight is 576 g/mol. The van der Waals surface area contributed by atoms with Gasteiger partial charge in [0.15, 0.2) is 6.61 Å². The van der Waals surface area contributed by atoms with E-state index >= 15 is 0 Å². The molecule has 2 amide bonds. The Kier molecular flexibility index (Phi) is 7.73. The number of nitrogens with one attached hydrogen (secondary N) is 2. The largest absolute Gasteiger partial charge is 0.457 e. The van der Waals surface area contributed by atoms with Crippen molar-refractivity contribution in [2.24, 2.45) is 0 Å². The molecule has 0 saturated carbocycles. The summed E-state index contributed by atoms with van der Waals surface area (Å²) in [6.45, 7) is 3.22. The van der Waals surface area contributed by atoms with Crippen molar-refractivity contribution in [3.8, 4) is 0 Å². The van der Waals surface area contributed by atoms with Crippen LogP contribution in [0.2, 0.25) is 0 Å². The predicted molar refractivity (Wildman–Crippen MR) is 154 cm³/mol. The molecule has 4 N–H and O–H groups in total. The van der Waals surface area contributed by atoms with Crippen LogP contribution >= 0.6 is 7.75 Å². The van der Waals surface area contributed by atoms with Gasteiger partial charge in [-0.25, -0.2) is 9.36 Å². The van der Waals surface area contributed by atoms with Crippen LogP contribution in [0.1, 0.15) is 36.8 Å². The second kappa shape index (κ2) is 11.2. The number of aromatic nitrogens is 1. The summed E-state index contributed by atoms with van der Waals surface area (Å²) in [4.78, 5) is 46.7.